The Balaban J connectivity index is 1.28. The first-order valence-electron chi connectivity index (χ1n) is 13.8. The van der Waals surface area contributed by atoms with E-state index in [2.05, 4.69) is 16.0 Å². The van der Waals surface area contributed by atoms with Gasteiger partial charge in [0.15, 0.2) is 0 Å². The third-order valence-corrected chi connectivity index (χ3v) is 9.07. The number of carbonyl (C=O) groups is 5. The highest BCUT2D eigenvalue weighted by Gasteiger charge is 2.26. The number of fused-ring (bicyclic) bond motifs is 1. The molecule has 0 aliphatic rings. The number of amides is 3. The van der Waals surface area contributed by atoms with E-state index in [4.69, 9.17) is 4.74 Å². The van der Waals surface area contributed by atoms with Gasteiger partial charge in [-0.25, -0.2) is 9.59 Å². The number of hydrogen-bond acceptors (Lipinski definition) is 8. The van der Waals surface area contributed by atoms with Crippen LogP contribution in [0.25, 0.3) is 10.8 Å². The van der Waals surface area contributed by atoms with Gasteiger partial charge < -0.3 is 25.8 Å². The molecule has 12 heteroatoms. The van der Waals surface area contributed by atoms with E-state index in [9.17, 15) is 29.1 Å². The molecule has 0 bridgehead atoms. The highest BCUT2D eigenvalue weighted by molar-refractivity contribution is 8.00. The number of thioether (sulfide) groups is 1. The van der Waals surface area contributed by atoms with E-state index >= 15 is 0 Å². The third-order valence-electron chi connectivity index (χ3n) is 6.87. The summed E-state index contributed by atoms with van der Waals surface area (Å²) in [5.41, 5.74) is 1.78. The van der Waals surface area contributed by atoms with Gasteiger partial charge in [-0.2, -0.15) is 0 Å². The molecule has 4 N–H and O–H groups in total. The van der Waals surface area contributed by atoms with Gasteiger partial charge in [0.05, 0.1) is 28.9 Å². The van der Waals surface area contributed by atoms with Gasteiger partial charge in [-0.05, 0) is 60.3 Å². The molecule has 4 aromatic carbocycles. The highest BCUT2D eigenvalue weighted by Crippen LogP contribution is 2.35. The van der Waals surface area contributed by atoms with Crippen LogP contribution in [0.2, 0.25) is 0 Å². The number of benzene rings is 4. The van der Waals surface area contributed by atoms with Crippen molar-refractivity contribution < 1.29 is 33.8 Å². The lowest BCUT2D eigenvalue weighted by Gasteiger charge is -2.11. The summed E-state index contributed by atoms with van der Waals surface area (Å²) in [6.07, 6.45) is 0. The number of carboxylic acid groups (broad SMARTS) is 1. The average Bonchev–Trinajstić information content (AvgIpc) is 3.38. The second-order valence-electron chi connectivity index (χ2n) is 9.91. The number of methoxy groups -OCH3 is 1. The van der Waals surface area contributed by atoms with Gasteiger partial charge in [-0.3, -0.25) is 14.4 Å². The van der Waals surface area contributed by atoms with Crippen molar-refractivity contribution in [2.24, 2.45) is 0 Å². The Hall–Kier alpha value is -5.46. The number of hydrogen-bond donors (Lipinski definition) is 4. The maximum atomic E-state index is 13.2. The zero-order valence-electron chi connectivity index (χ0n) is 24.6. The summed E-state index contributed by atoms with van der Waals surface area (Å²) in [6, 6.07) is 25.6. The number of ether oxygens (including phenoxy) is 1. The van der Waals surface area contributed by atoms with Crippen molar-refractivity contribution in [3.05, 3.63) is 118 Å². The number of nitrogens with one attached hydrogen (secondary N) is 3. The summed E-state index contributed by atoms with van der Waals surface area (Å²) in [5, 5.41) is 19.2. The molecule has 46 heavy (non-hydrogen) atoms. The van der Waals surface area contributed by atoms with E-state index < -0.39 is 29.7 Å². The van der Waals surface area contributed by atoms with Gasteiger partial charge in [0, 0.05) is 27.2 Å². The van der Waals surface area contributed by atoms with Crippen LogP contribution in [0.1, 0.15) is 46.3 Å². The van der Waals surface area contributed by atoms with E-state index in [0.717, 1.165) is 11.3 Å². The molecular formula is C34H27N3O7S2. The molecule has 10 nitrogen and oxygen atoms in total. The van der Waals surface area contributed by atoms with Crippen LogP contribution < -0.4 is 16.0 Å². The molecule has 0 saturated heterocycles. The first-order valence-corrected chi connectivity index (χ1v) is 15.6. The second-order valence-corrected chi connectivity index (χ2v) is 12.0. The summed E-state index contributed by atoms with van der Waals surface area (Å²) in [7, 11) is 1.22. The van der Waals surface area contributed by atoms with E-state index in [0.29, 0.717) is 32.6 Å². The fraction of sp³-hybridized carbons (Fsp3) is 0.0882. The number of rotatable bonds is 10. The fourth-order valence-corrected chi connectivity index (χ4v) is 6.62. The van der Waals surface area contributed by atoms with Crippen LogP contribution in [0.15, 0.2) is 95.9 Å². The largest absolute Gasteiger partial charge is 0.478 e. The van der Waals surface area contributed by atoms with Crippen molar-refractivity contribution >= 4 is 79.9 Å². The average molecular weight is 654 g/mol. The van der Waals surface area contributed by atoms with Crippen LogP contribution in [-0.2, 0) is 9.53 Å². The molecule has 0 aliphatic carbocycles. The number of esters is 1. The lowest BCUT2D eigenvalue weighted by atomic mass is 9.98. The minimum absolute atomic E-state index is 0.0267. The number of carbonyl (C=O) groups excluding carboxylic acids is 4. The van der Waals surface area contributed by atoms with Crippen molar-refractivity contribution in [3.8, 4) is 0 Å². The topological polar surface area (TPSA) is 151 Å². The highest BCUT2D eigenvalue weighted by atomic mass is 32.2. The molecule has 5 aromatic rings. The maximum Gasteiger partial charge on any atom is 0.341 e. The van der Waals surface area contributed by atoms with Crippen molar-refractivity contribution in [3.63, 3.8) is 0 Å². The number of thiophene rings is 1. The number of anilines is 3. The first kappa shape index (κ1) is 31.9. The van der Waals surface area contributed by atoms with Crippen molar-refractivity contribution in [2.45, 2.75) is 11.8 Å². The Kier molecular flexibility index (Phi) is 9.79. The van der Waals surface area contributed by atoms with Crippen LogP contribution >= 0.6 is 23.1 Å². The van der Waals surface area contributed by atoms with Gasteiger partial charge in [-0.1, -0.05) is 48.5 Å². The van der Waals surface area contributed by atoms with Crippen molar-refractivity contribution in [2.75, 3.05) is 28.8 Å². The normalized spacial score (nSPS) is 10.7. The molecule has 3 amide bonds. The maximum absolute atomic E-state index is 13.2. The molecular weight excluding hydrogens is 627 g/mol. The van der Waals surface area contributed by atoms with Crippen LogP contribution in [0.3, 0.4) is 0 Å². The van der Waals surface area contributed by atoms with E-state index in [1.807, 2.05) is 6.07 Å². The molecule has 0 spiro atoms. The Morgan fingerprint density at radius 3 is 2.13 bits per heavy atom. The predicted molar refractivity (Wildman–Crippen MR) is 179 cm³/mol. The summed E-state index contributed by atoms with van der Waals surface area (Å²) in [4.78, 5) is 64.6. The molecule has 0 aliphatic heterocycles. The van der Waals surface area contributed by atoms with Gasteiger partial charge in [0.2, 0.25) is 5.91 Å². The molecule has 0 unspecified atom stereocenters. The summed E-state index contributed by atoms with van der Waals surface area (Å²) in [6.45, 7) is 1.62. The number of para-hydroxylation sites is 1. The second kappa shape index (κ2) is 14.1. The molecule has 232 valence electrons. The lowest BCUT2D eigenvalue weighted by Crippen LogP contribution is -2.16. The van der Waals surface area contributed by atoms with E-state index in [1.165, 1.54) is 24.9 Å². The SMILES string of the molecule is COC(=O)c1c(NC(=O)CSc2cccc(NC(=O)c3cccc4cccc(C(=O)O)c34)c2)sc(C(=O)Nc2ccccc2)c1C. The van der Waals surface area contributed by atoms with E-state index in [1.54, 1.807) is 85.8 Å². The smallest absolute Gasteiger partial charge is 0.341 e. The standard InChI is InChI=1S/C34H27N3O7S2/c1-19-27(34(43)44-2)32(46-29(19)31(40)35-21-11-4-3-5-12-21)37-26(38)18-45-23-14-8-13-22(17-23)36-30(39)24-15-6-9-20-10-7-16-25(28(20)24)33(41)42/h3-17H,18H2,1-2H3,(H,35,40)(H,36,39)(H,37,38)(H,41,42). The molecule has 1 heterocycles. The zero-order chi connectivity index (χ0) is 32.8. The predicted octanol–water partition coefficient (Wildman–Crippen LogP) is 6.93. The summed E-state index contributed by atoms with van der Waals surface area (Å²) in [5.74, 6) is -3.17. The van der Waals surface area contributed by atoms with Gasteiger partial charge >= 0.3 is 11.9 Å². The first-order chi connectivity index (χ1) is 22.2. The van der Waals surface area contributed by atoms with Crippen molar-refractivity contribution in [1.29, 1.82) is 0 Å². The van der Waals surface area contributed by atoms with Crippen LogP contribution in [0.4, 0.5) is 16.4 Å². The molecule has 5 rings (SSSR count). The van der Waals surface area contributed by atoms with Crippen LogP contribution in [0.5, 0.6) is 0 Å². The van der Waals surface area contributed by atoms with Gasteiger partial charge in [-0.15, -0.1) is 23.1 Å². The summed E-state index contributed by atoms with van der Waals surface area (Å²) < 4.78 is 4.91. The minimum Gasteiger partial charge on any atom is -0.478 e. The van der Waals surface area contributed by atoms with Gasteiger partial charge in [0.1, 0.15) is 5.00 Å². The minimum atomic E-state index is -1.13. The van der Waals surface area contributed by atoms with Crippen LogP contribution in [0, 0.1) is 6.92 Å². The molecule has 0 saturated carbocycles. The molecule has 1 aromatic heterocycles. The van der Waals surface area contributed by atoms with Gasteiger partial charge in [0.25, 0.3) is 11.8 Å². The Labute approximate surface area is 271 Å². The van der Waals surface area contributed by atoms with E-state index in [-0.39, 0.29) is 32.3 Å². The zero-order valence-corrected chi connectivity index (χ0v) is 26.2. The third kappa shape index (κ3) is 7.09. The monoisotopic (exact) mass is 653 g/mol. The number of carboxylic acids is 1. The molecule has 0 fully saturated rings. The number of aromatic carboxylic acids is 1. The lowest BCUT2D eigenvalue weighted by molar-refractivity contribution is -0.113. The Morgan fingerprint density at radius 1 is 0.783 bits per heavy atom. The Morgan fingerprint density at radius 2 is 1.43 bits per heavy atom. The quantitative estimate of drug-likeness (QED) is 0.0936. The molecule has 0 atom stereocenters. The van der Waals surface area contributed by atoms with Crippen LogP contribution in [-0.4, -0.2) is 47.6 Å². The fourth-order valence-electron chi connectivity index (χ4n) is 4.76. The summed E-state index contributed by atoms with van der Waals surface area (Å²) >= 11 is 2.18. The van der Waals surface area contributed by atoms with Crippen molar-refractivity contribution in [1.82, 2.24) is 0 Å². The molecule has 0 radical (unpaired) electrons. The Bertz CT molecular complexity index is 1980.